The van der Waals surface area contributed by atoms with E-state index in [9.17, 15) is 13.2 Å². The Kier molecular flexibility index (Phi) is 5.12. The lowest BCUT2D eigenvalue weighted by molar-refractivity contribution is 0.0981. The van der Waals surface area contributed by atoms with Gasteiger partial charge in [0, 0.05) is 28.8 Å². The van der Waals surface area contributed by atoms with Crippen LogP contribution in [0.5, 0.6) is 0 Å². The van der Waals surface area contributed by atoms with E-state index in [1.165, 1.54) is 11.4 Å². The van der Waals surface area contributed by atoms with Crippen LogP contribution in [0.25, 0.3) is 0 Å². The van der Waals surface area contributed by atoms with Crippen molar-refractivity contribution in [2.24, 2.45) is 0 Å². The van der Waals surface area contributed by atoms with E-state index in [0.29, 0.717) is 11.3 Å². The fourth-order valence-electron chi connectivity index (χ4n) is 3.24. The molecule has 26 heavy (non-hydrogen) atoms. The number of hydrogen-bond acceptors (Lipinski definition) is 3. The van der Waals surface area contributed by atoms with Gasteiger partial charge in [-0.15, -0.1) is 0 Å². The van der Waals surface area contributed by atoms with E-state index in [0.717, 1.165) is 22.1 Å². The first kappa shape index (κ1) is 18.9. The predicted octanol–water partition coefficient (Wildman–Crippen LogP) is 3.83. The van der Waals surface area contributed by atoms with E-state index in [4.69, 9.17) is 0 Å². The van der Waals surface area contributed by atoms with E-state index in [-0.39, 0.29) is 17.7 Å². The van der Waals surface area contributed by atoms with Gasteiger partial charge in [0.2, 0.25) is 10.0 Å². The molecule has 1 aliphatic heterocycles. The third kappa shape index (κ3) is 3.38. The van der Waals surface area contributed by atoms with Gasteiger partial charge in [0.25, 0.3) is 5.91 Å². The highest BCUT2D eigenvalue weighted by Gasteiger charge is 2.32. The lowest BCUT2D eigenvalue weighted by Gasteiger charge is -2.24. The van der Waals surface area contributed by atoms with Crippen molar-refractivity contribution in [3.63, 3.8) is 0 Å². The van der Waals surface area contributed by atoms with Crippen LogP contribution in [-0.4, -0.2) is 33.2 Å². The molecule has 0 fully saturated rings. The monoisotopic (exact) mass is 436 g/mol. The van der Waals surface area contributed by atoms with Crippen molar-refractivity contribution >= 4 is 43.2 Å². The number of benzene rings is 2. The first-order valence-corrected chi connectivity index (χ1v) is 10.8. The predicted molar refractivity (Wildman–Crippen MR) is 108 cm³/mol. The molecule has 0 unspecified atom stereocenters. The maximum Gasteiger partial charge on any atom is 0.258 e. The highest BCUT2D eigenvalue weighted by Crippen LogP contribution is 2.35. The van der Waals surface area contributed by atoms with Crippen LogP contribution >= 0.6 is 15.9 Å². The zero-order valence-electron chi connectivity index (χ0n) is 14.9. The number of fused-ring (bicyclic) bond motifs is 1. The SMILES string of the molecule is CCS(=O)(=O)N(C)c1cccc(C(=O)N2c3ccc(Br)cc3C[C@H]2C)c1. The van der Waals surface area contributed by atoms with Gasteiger partial charge >= 0.3 is 0 Å². The van der Waals surface area contributed by atoms with Gasteiger partial charge in [0.1, 0.15) is 0 Å². The van der Waals surface area contributed by atoms with Gasteiger partial charge in [0.05, 0.1) is 11.4 Å². The van der Waals surface area contributed by atoms with E-state index >= 15 is 0 Å². The molecule has 0 saturated carbocycles. The summed E-state index contributed by atoms with van der Waals surface area (Å²) in [6.07, 6.45) is 0.796. The molecule has 0 spiro atoms. The molecule has 1 aliphatic rings. The van der Waals surface area contributed by atoms with E-state index in [1.54, 1.807) is 36.1 Å². The van der Waals surface area contributed by atoms with Crippen molar-refractivity contribution in [1.82, 2.24) is 0 Å². The van der Waals surface area contributed by atoms with Crippen molar-refractivity contribution in [2.75, 3.05) is 22.0 Å². The molecule has 0 radical (unpaired) electrons. The molecule has 0 aliphatic carbocycles. The summed E-state index contributed by atoms with van der Waals surface area (Å²) in [5, 5.41) is 0. The molecule has 0 aromatic heterocycles. The standard InChI is InChI=1S/C19H21BrN2O3S/c1-4-26(24,25)21(3)17-7-5-6-14(12-17)19(23)22-13(2)10-15-11-16(20)8-9-18(15)22/h5-9,11-13H,4,10H2,1-3H3/t13-/m1/s1. The van der Waals surface area contributed by atoms with Gasteiger partial charge in [-0.1, -0.05) is 22.0 Å². The zero-order chi connectivity index (χ0) is 19.1. The molecule has 7 heteroatoms. The second-order valence-electron chi connectivity index (χ2n) is 6.42. The maximum absolute atomic E-state index is 13.1. The number of halogens is 1. The summed E-state index contributed by atoms with van der Waals surface area (Å²) < 4.78 is 26.4. The molecule has 1 heterocycles. The summed E-state index contributed by atoms with van der Waals surface area (Å²) in [7, 11) is -1.87. The fraction of sp³-hybridized carbons (Fsp3) is 0.316. The van der Waals surface area contributed by atoms with Crippen LogP contribution in [0.15, 0.2) is 46.9 Å². The van der Waals surface area contributed by atoms with Crippen molar-refractivity contribution in [3.8, 4) is 0 Å². The van der Waals surface area contributed by atoms with E-state index in [2.05, 4.69) is 15.9 Å². The molecular formula is C19H21BrN2O3S. The highest BCUT2D eigenvalue weighted by molar-refractivity contribution is 9.10. The Labute approximate surface area is 162 Å². The minimum absolute atomic E-state index is 0.00703. The molecule has 1 amide bonds. The van der Waals surface area contributed by atoms with Gasteiger partial charge in [-0.2, -0.15) is 0 Å². The largest absolute Gasteiger partial charge is 0.305 e. The minimum atomic E-state index is -3.37. The van der Waals surface area contributed by atoms with E-state index < -0.39 is 10.0 Å². The van der Waals surface area contributed by atoms with Gasteiger partial charge in [-0.25, -0.2) is 8.42 Å². The zero-order valence-corrected chi connectivity index (χ0v) is 17.3. The molecule has 138 valence electrons. The van der Waals surface area contributed by atoms with Gasteiger partial charge in [-0.3, -0.25) is 9.10 Å². The second kappa shape index (κ2) is 7.04. The Morgan fingerprint density at radius 1 is 1.27 bits per heavy atom. The number of rotatable bonds is 4. The number of anilines is 2. The first-order valence-electron chi connectivity index (χ1n) is 8.43. The molecule has 3 rings (SSSR count). The second-order valence-corrected chi connectivity index (χ2v) is 9.62. The highest BCUT2D eigenvalue weighted by atomic mass is 79.9. The molecule has 0 N–H and O–H groups in total. The molecule has 0 saturated heterocycles. The molecule has 2 aromatic carbocycles. The lowest BCUT2D eigenvalue weighted by Crippen LogP contribution is -2.36. The summed E-state index contributed by atoms with van der Waals surface area (Å²) >= 11 is 3.47. The smallest absolute Gasteiger partial charge is 0.258 e. The number of amides is 1. The number of hydrogen-bond donors (Lipinski definition) is 0. The third-order valence-electron chi connectivity index (χ3n) is 4.71. The normalized spacial score (nSPS) is 16.5. The molecular weight excluding hydrogens is 416 g/mol. The van der Waals surface area contributed by atoms with Gasteiger partial charge < -0.3 is 4.90 Å². The number of carbonyl (C=O) groups excluding carboxylic acids is 1. The molecule has 0 bridgehead atoms. The molecule has 5 nitrogen and oxygen atoms in total. The maximum atomic E-state index is 13.1. The van der Waals surface area contributed by atoms with Gasteiger partial charge in [-0.05, 0) is 62.2 Å². The Morgan fingerprint density at radius 2 is 2.00 bits per heavy atom. The lowest BCUT2D eigenvalue weighted by atomic mass is 10.1. The average Bonchev–Trinajstić information content (AvgIpc) is 2.95. The Hall–Kier alpha value is -1.86. The topological polar surface area (TPSA) is 57.7 Å². The van der Waals surface area contributed by atoms with Crippen molar-refractivity contribution in [2.45, 2.75) is 26.3 Å². The average molecular weight is 437 g/mol. The molecule has 2 aromatic rings. The number of sulfonamides is 1. The minimum Gasteiger partial charge on any atom is -0.305 e. The van der Waals surface area contributed by atoms with Crippen LogP contribution in [0.1, 0.15) is 29.8 Å². The fourth-order valence-corrected chi connectivity index (χ4v) is 4.47. The van der Waals surface area contributed by atoms with E-state index in [1.807, 2.05) is 25.1 Å². The Bertz CT molecular complexity index is 959. The number of nitrogens with zero attached hydrogens (tertiary/aromatic N) is 2. The van der Waals surface area contributed by atoms with Crippen molar-refractivity contribution in [3.05, 3.63) is 58.1 Å². The summed E-state index contributed by atoms with van der Waals surface area (Å²) in [5.74, 6) is -0.115. The van der Waals surface area contributed by atoms with Crippen molar-refractivity contribution in [1.29, 1.82) is 0 Å². The third-order valence-corrected chi connectivity index (χ3v) is 6.98. The quantitative estimate of drug-likeness (QED) is 0.731. The first-order chi connectivity index (χ1) is 12.2. The van der Waals surface area contributed by atoms with Crippen LogP contribution in [0.2, 0.25) is 0 Å². The summed E-state index contributed by atoms with van der Waals surface area (Å²) in [4.78, 5) is 14.9. The Balaban J connectivity index is 1.96. The summed E-state index contributed by atoms with van der Waals surface area (Å²) in [6, 6.07) is 12.7. The van der Waals surface area contributed by atoms with Crippen LogP contribution < -0.4 is 9.21 Å². The summed E-state index contributed by atoms with van der Waals surface area (Å²) in [5.41, 5.74) is 3.00. The van der Waals surface area contributed by atoms with Crippen LogP contribution in [0.4, 0.5) is 11.4 Å². The molecule has 1 atom stereocenters. The summed E-state index contributed by atoms with van der Waals surface area (Å²) in [6.45, 7) is 3.62. The van der Waals surface area contributed by atoms with Crippen LogP contribution in [0.3, 0.4) is 0 Å². The van der Waals surface area contributed by atoms with Gasteiger partial charge in [0.15, 0.2) is 0 Å². The van der Waals surface area contributed by atoms with Crippen LogP contribution in [0, 0.1) is 0 Å². The van der Waals surface area contributed by atoms with Crippen molar-refractivity contribution < 1.29 is 13.2 Å². The van der Waals surface area contributed by atoms with Crippen LogP contribution in [-0.2, 0) is 16.4 Å². The Morgan fingerprint density at radius 3 is 2.69 bits per heavy atom. The number of carbonyl (C=O) groups is 1.